The predicted octanol–water partition coefficient (Wildman–Crippen LogP) is 1.79. The van der Waals surface area contributed by atoms with E-state index in [0.717, 1.165) is 10.2 Å². The first kappa shape index (κ1) is 22.6. The van der Waals surface area contributed by atoms with Gasteiger partial charge in [0.05, 0.1) is 18.9 Å². The van der Waals surface area contributed by atoms with E-state index < -0.39 is 11.5 Å². The number of morpholine rings is 1. The first-order valence-corrected chi connectivity index (χ1v) is 11.3. The summed E-state index contributed by atoms with van der Waals surface area (Å²) < 4.78 is 17.5. The average Bonchev–Trinajstić information content (AvgIpc) is 2.90. The summed E-state index contributed by atoms with van der Waals surface area (Å²) in [4.78, 5) is 39.2. The summed E-state index contributed by atoms with van der Waals surface area (Å²) in [6.07, 6.45) is 0. The van der Waals surface area contributed by atoms with Crippen molar-refractivity contribution < 1.29 is 23.8 Å². The number of anilines is 1. The van der Waals surface area contributed by atoms with Crippen LogP contribution in [0.15, 0.2) is 59.4 Å². The number of rotatable bonds is 5. The molecule has 0 saturated carbocycles. The molecule has 2 aliphatic rings. The van der Waals surface area contributed by atoms with Crippen LogP contribution in [0.3, 0.4) is 0 Å². The maximum atomic E-state index is 12.6. The number of nitrogens with zero attached hydrogens (tertiary/aromatic N) is 3. The molecule has 180 valence electrons. The van der Waals surface area contributed by atoms with Crippen molar-refractivity contribution in [1.82, 2.24) is 14.7 Å². The Kier molecular flexibility index (Phi) is 6.44. The number of aromatic nitrogens is 2. The zero-order valence-electron chi connectivity index (χ0n) is 18.9. The van der Waals surface area contributed by atoms with Gasteiger partial charge in [-0.05, 0) is 48.5 Å². The average molecular weight is 476 g/mol. The third kappa shape index (κ3) is 5.17. The minimum atomic E-state index is -0.411. The summed E-state index contributed by atoms with van der Waals surface area (Å²) in [5.74, 6) is 0.788. The van der Waals surface area contributed by atoms with Gasteiger partial charge in [-0.3, -0.25) is 14.4 Å². The second-order valence-electron chi connectivity index (χ2n) is 8.10. The van der Waals surface area contributed by atoms with E-state index in [1.54, 1.807) is 47.4 Å². The Bertz CT molecular complexity index is 1300. The zero-order valence-corrected chi connectivity index (χ0v) is 18.9. The Morgan fingerprint density at radius 2 is 1.63 bits per heavy atom. The number of fused-ring (bicyclic) bond motifs is 1. The van der Waals surface area contributed by atoms with Gasteiger partial charge in [-0.15, -0.1) is 0 Å². The van der Waals surface area contributed by atoms with Gasteiger partial charge in [0.2, 0.25) is 5.91 Å². The van der Waals surface area contributed by atoms with Crippen LogP contribution in [-0.2, 0) is 16.1 Å². The fourth-order valence-corrected chi connectivity index (χ4v) is 3.90. The lowest BCUT2D eigenvalue weighted by Gasteiger charge is -2.26. The molecule has 2 aromatic carbocycles. The highest BCUT2D eigenvalue weighted by atomic mass is 16.6. The van der Waals surface area contributed by atoms with Crippen LogP contribution >= 0.6 is 0 Å². The SMILES string of the molecule is O=C(Cn1nc(-c2ccc3c(c2)OCCO3)ccc1=O)Nc1ccc(C(=O)N2CCOCC2)cc1. The van der Waals surface area contributed by atoms with Gasteiger partial charge in [0.1, 0.15) is 19.8 Å². The largest absolute Gasteiger partial charge is 0.486 e. The molecule has 35 heavy (non-hydrogen) atoms. The first-order valence-electron chi connectivity index (χ1n) is 11.3. The lowest BCUT2D eigenvalue weighted by molar-refractivity contribution is -0.117. The highest BCUT2D eigenvalue weighted by Gasteiger charge is 2.19. The Labute approximate surface area is 201 Å². The molecule has 3 aromatic rings. The molecule has 0 radical (unpaired) electrons. The van der Waals surface area contributed by atoms with Crippen LogP contribution in [0.1, 0.15) is 10.4 Å². The van der Waals surface area contributed by atoms with Crippen molar-refractivity contribution in [2.24, 2.45) is 0 Å². The molecule has 0 atom stereocenters. The van der Waals surface area contributed by atoms with Gasteiger partial charge in [-0.2, -0.15) is 5.10 Å². The number of hydrogen-bond acceptors (Lipinski definition) is 7. The quantitative estimate of drug-likeness (QED) is 0.598. The van der Waals surface area contributed by atoms with E-state index in [0.29, 0.717) is 68.0 Å². The first-order chi connectivity index (χ1) is 17.1. The molecule has 10 heteroatoms. The Morgan fingerprint density at radius 3 is 2.40 bits per heavy atom. The molecule has 0 spiro atoms. The smallest absolute Gasteiger partial charge is 0.267 e. The van der Waals surface area contributed by atoms with E-state index in [4.69, 9.17) is 14.2 Å². The van der Waals surface area contributed by atoms with Crippen molar-refractivity contribution >= 4 is 17.5 Å². The number of hydrogen-bond donors (Lipinski definition) is 1. The van der Waals surface area contributed by atoms with E-state index in [9.17, 15) is 14.4 Å². The molecule has 1 fully saturated rings. The fourth-order valence-electron chi connectivity index (χ4n) is 3.90. The van der Waals surface area contributed by atoms with Crippen LogP contribution in [0.4, 0.5) is 5.69 Å². The zero-order chi connectivity index (χ0) is 24.2. The maximum Gasteiger partial charge on any atom is 0.267 e. The van der Waals surface area contributed by atoms with Gasteiger partial charge in [0, 0.05) is 36.0 Å². The van der Waals surface area contributed by atoms with E-state index in [-0.39, 0.29) is 12.5 Å². The maximum absolute atomic E-state index is 12.6. The Hall–Kier alpha value is -4.18. The molecule has 5 rings (SSSR count). The van der Waals surface area contributed by atoms with Crippen LogP contribution < -0.4 is 20.3 Å². The fraction of sp³-hybridized carbons (Fsp3) is 0.280. The molecular formula is C25H24N4O6. The van der Waals surface area contributed by atoms with Crippen molar-refractivity contribution in [3.8, 4) is 22.8 Å². The number of benzene rings is 2. The van der Waals surface area contributed by atoms with Gasteiger partial charge in [0.15, 0.2) is 11.5 Å². The van der Waals surface area contributed by atoms with E-state index >= 15 is 0 Å². The lowest BCUT2D eigenvalue weighted by Crippen LogP contribution is -2.40. The molecule has 0 bridgehead atoms. The summed E-state index contributed by atoms with van der Waals surface area (Å²) in [6, 6.07) is 15.0. The van der Waals surface area contributed by atoms with Crippen molar-refractivity contribution in [3.05, 3.63) is 70.5 Å². The molecular weight excluding hydrogens is 452 g/mol. The number of amides is 2. The summed E-state index contributed by atoms with van der Waals surface area (Å²) in [7, 11) is 0. The predicted molar refractivity (Wildman–Crippen MR) is 127 cm³/mol. The van der Waals surface area contributed by atoms with Crippen molar-refractivity contribution in [3.63, 3.8) is 0 Å². The number of ether oxygens (including phenoxy) is 3. The van der Waals surface area contributed by atoms with Gasteiger partial charge in [-0.25, -0.2) is 4.68 Å². The van der Waals surface area contributed by atoms with Gasteiger partial charge < -0.3 is 24.4 Å². The highest BCUT2D eigenvalue weighted by molar-refractivity contribution is 5.95. The molecule has 0 unspecified atom stereocenters. The number of nitrogens with one attached hydrogen (secondary N) is 1. The minimum Gasteiger partial charge on any atom is -0.486 e. The normalized spacial score (nSPS) is 14.9. The Morgan fingerprint density at radius 1 is 0.886 bits per heavy atom. The molecule has 1 saturated heterocycles. The topological polar surface area (TPSA) is 112 Å². The summed E-state index contributed by atoms with van der Waals surface area (Å²) in [6.45, 7) is 2.89. The molecule has 1 aromatic heterocycles. The van der Waals surface area contributed by atoms with Crippen molar-refractivity contribution in [2.45, 2.75) is 6.54 Å². The van der Waals surface area contributed by atoms with E-state index in [2.05, 4.69) is 10.4 Å². The molecule has 0 aliphatic carbocycles. The van der Waals surface area contributed by atoms with E-state index in [1.807, 2.05) is 6.07 Å². The second-order valence-corrected chi connectivity index (χ2v) is 8.10. The van der Waals surface area contributed by atoms with Crippen LogP contribution in [0.5, 0.6) is 11.5 Å². The Balaban J connectivity index is 1.25. The summed E-state index contributed by atoms with van der Waals surface area (Å²) >= 11 is 0. The third-order valence-electron chi connectivity index (χ3n) is 5.71. The summed E-state index contributed by atoms with van der Waals surface area (Å²) in [5.41, 5.74) is 1.93. The lowest BCUT2D eigenvalue weighted by atomic mass is 10.1. The van der Waals surface area contributed by atoms with Crippen molar-refractivity contribution in [2.75, 3.05) is 44.8 Å². The van der Waals surface area contributed by atoms with Crippen molar-refractivity contribution in [1.29, 1.82) is 0 Å². The molecule has 2 amide bonds. The van der Waals surface area contributed by atoms with Crippen LogP contribution in [0.25, 0.3) is 11.3 Å². The monoisotopic (exact) mass is 476 g/mol. The highest BCUT2D eigenvalue weighted by Crippen LogP contribution is 2.33. The molecule has 3 heterocycles. The molecule has 10 nitrogen and oxygen atoms in total. The summed E-state index contributed by atoms with van der Waals surface area (Å²) in [5, 5.41) is 7.09. The van der Waals surface area contributed by atoms with Gasteiger partial charge in [-0.1, -0.05) is 0 Å². The number of carbonyl (C=O) groups is 2. The van der Waals surface area contributed by atoms with Gasteiger partial charge in [0.25, 0.3) is 11.5 Å². The second kappa shape index (κ2) is 9.98. The third-order valence-corrected chi connectivity index (χ3v) is 5.71. The van der Waals surface area contributed by atoms with Crippen LogP contribution in [0.2, 0.25) is 0 Å². The molecule has 2 aliphatic heterocycles. The molecule has 1 N–H and O–H groups in total. The van der Waals surface area contributed by atoms with Crippen LogP contribution in [-0.4, -0.2) is 66.0 Å². The standard InChI is InChI=1S/C25H24N4O6/c30-23(26-19-4-1-17(2-5-19)25(32)28-9-11-33-12-10-28)16-29-24(31)8-6-20(27-29)18-3-7-21-22(15-18)35-14-13-34-21/h1-8,15H,9-14,16H2,(H,26,30). The number of carbonyl (C=O) groups excluding carboxylic acids is 2. The minimum absolute atomic E-state index is 0.0714. The van der Waals surface area contributed by atoms with Crippen LogP contribution in [0, 0.1) is 0 Å². The van der Waals surface area contributed by atoms with E-state index in [1.165, 1.54) is 6.07 Å². The van der Waals surface area contributed by atoms with Gasteiger partial charge >= 0.3 is 0 Å².